The van der Waals surface area contributed by atoms with E-state index in [9.17, 15) is 9.59 Å². The molecule has 0 fully saturated rings. The summed E-state index contributed by atoms with van der Waals surface area (Å²) in [5.41, 5.74) is 2.21. The summed E-state index contributed by atoms with van der Waals surface area (Å²) in [6, 6.07) is 8.62. The Morgan fingerprint density at radius 2 is 1.95 bits per heavy atom. The first-order valence-electron chi connectivity index (χ1n) is 6.29. The highest BCUT2D eigenvalue weighted by molar-refractivity contribution is 5.95. The maximum absolute atomic E-state index is 11.9. The molecule has 0 unspecified atom stereocenters. The lowest BCUT2D eigenvalue weighted by molar-refractivity contribution is -0.114. The molecule has 3 N–H and O–H groups in total. The van der Waals surface area contributed by atoms with Gasteiger partial charge in [-0.05, 0) is 30.3 Å². The Balaban J connectivity index is 1.84. The predicted octanol–water partition coefficient (Wildman–Crippen LogP) is 1.34. The summed E-state index contributed by atoms with van der Waals surface area (Å²) in [6.07, 6.45) is 2.38. The van der Waals surface area contributed by atoms with E-state index >= 15 is 0 Å². The summed E-state index contributed by atoms with van der Waals surface area (Å²) in [5, 5.41) is 12.1. The molecule has 1 heterocycles. The van der Waals surface area contributed by atoms with Crippen LogP contribution in [0.1, 0.15) is 23.0 Å². The van der Waals surface area contributed by atoms with Gasteiger partial charge < -0.3 is 10.6 Å². The van der Waals surface area contributed by atoms with Gasteiger partial charge in [0.25, 0.3) is 5.91 Å². The second-order valence-corrected chi connectivity index (χ2v) is 4.35. The van der Waals surface area contributed by atoms with E-state index in [1.807, 2.05) is 6.07 Å². The number of benzene rings is 1. The Kier molecular flexibility index (Phi) is 4.49. The van der Waals surface area contributed by atoms with E-state index in [-0.39, 0.29) is 11.8 Å². The molecule has 0 aliphatic heterocycles. The van der Waals surface area contributed by atoms with Crippen molar-refractivity contribution >= 4 is 17.5 Å². The zero-order chi connectivity index (χ0) is 14.4. The number of aromatic nitrogens is 2. The van der Waals surface area contributed by atoms with Gasteiger partial charge in [0.05, 0.1) is 0 Å². The molecule has 0 bridgehead atoms. The van der Waals surface area contributed by atoms with Crippen LogP contribution in [0.15, 0.2) is 36.5 Å². The molecule has 0 spiro atoms. The van der Waals surface area contributed by atoms with Gasteiger partial charge in [-0.3, -0.25) is 14.7 Å². The number of carbonyl (C=O) groups is 2. The Hall–Kier alpha value is -2.63. The van der Waals surface area contributed by atoms with Crippen LogP contribution in [0.5, 0.6) is 0 Å². The van der Waals surface area contributed by atoms with E-state index in [1.165, 1.54) is 6.92 Å². The Labute approximate surface area is 116 Å². The van der Waals surface area contributed by atoms with E-state index in [1.54, 1.807) is 30.5 Å². The van der Waals surface area contributed by atoms with Gasteiger partial charge in [0.1, 0.15) is 0 Å². The average molecular weight is 272 g/mol. The fraction of sp³-hybridized carbons (Fsp3) is 0.214. The maximum Gasteiger partial charge on any atom is 0.251 e. The molecule has 0 atom stereocenters. The standard InChI is InChI=1S/C14H16N4O2/c1-10(19)17-12-4-2-11(3-5-12)14(20)15-8-6-13-7-9-16-18-13/h2-5,7,9H,6,8H2,1H3,(H,15,20)(H,16,18)(H,17,19). The van der Waals surface area contributed by atoms with Crippen molar-refractivity contribution in [2.45, 2.75) is 13.3 Å². The number of hydrogen-bond donors (Lipinski definition) is 3. The first-order valence-corrected chi connectivity index (χ1v) is 6.29. The van der Waals surface area contributed by atoms with Crippen molar-refractivity contribution in [3.05, 3.63) is 47.8 Å². The molecule has 2 aromatic rings. The zero-order valence-electron chi connectivity index (χ0n) is 11.1. The molecule has 2 rings (SSSR count). The van der Waals surface area contributed by atoms with Crippen molar-refractivity contribution in [1.29, 1.82) is 0 Å². The lowest BCUT2D eigenvalue weighted by Crippen LogP contribution is -2.25. The Bertz CT molecular complexity index is 576. The van der Waals surface area contributed by atoms with Gasteiger partial charge in [-0.2, -0.15) is 5.10 Å². The number of hydrogen-bond acceptors (Lipinski definition) is 3. The fourth-order valence-electron chi connectivity index (χ4n) is 1.74. The number of amides is 2. The van der Waals surface area contributed by atoms with Gasteiger partial charge in [-0.1, -0.05) is 0 Å². The predicted molar refractivity (Wildman–Crippen MR) is 75.4 cm³/mol. The molecular formula is C14H16N4O2. The van der Waals surface area contributed by atoms with Gasteiger partial charge in [0, 0.05) is 43.0 Å². The van der Waals surface area contributed by atoms with Gasteiger partial charge in [0.2, 0.25) is 5.91 Å². The second-order valence-electron chi connectivity index (χ2n) is 4.35. The highest BCUT2D eigenvalue weighted by Gasteiger charge is 2.05. The van der Waals surface area contributed by atoms with Crippen LogP contribution in [0, 0.1) is 0 Å². The van der Waals surface area contributed by atoms with Crippen LogP contribution in [-0.2, 0) is 11.2 Å². The Morgan fingerprint density at radius 1 is 1.20 bits per heavy atom. The summed E-state index contributed by atoms with van der Waals surface area (Å²) in [7, 11) is 0. The smallest absolute Gasteiger partial charge is 0.251 e. The lowest BCUT2D eigenvalue weighted by atomic mass is 10.2. The van der Waals surface area contributed by atoms with Crippen LogP contribution in [0.2, 0.25) is 0 Å². The number of carbonyl (C=O) groups excluding carboxylic acids is 2. The molecule has 0 aliphatic carbocycles. The van der Waals surface area contributed by atoms with Gasteiger partial charge in [-0.25, -0.2) is 0 Å². The molecule has 20 heavy (non-hydrogen) atoms. The summed E-state index contributed by atoms with van der Waals surface area (Å²) in [5.74, 6) is -0.277. The summed E-state index contributed by atoms with van der Waals surface area (Å²) in [6.45, 7) is 1.98. The fourth-order valence-corrected chi connectivity index (χ4v) is 1.74. The quantitative estimate of drug-likeness (QED) is 0.767. The number of aromatic amines is 1. The van der Waals surface area contributed by atoms with Crippen LogP contribution in [-0.4, -0.2) is 28.6 Å². The van der Waals surface area contributed by atoms with E-state index in [0.29, 0.717) is 24.2 Å². The number of H-pyrrole nitrogens is 1. The molecule has 6 heteroatoms. The average Bonchev–Trinajstić information content (AvgIpc) is 2.92. The van der Waals surface area contributed by atoms with Crippen LogP contribution in [0.4, 0.5) is 5.69 Å². The molecule has 104 valence electrons. The number of nitrogens with zero attached hydrogens (tertiary/aromatic N) is 1. The lowest BCUT2D eigenvalue weighted by Gasteiger charge is -2.06. The first-order chi connectivity index (χ1) is 9.65. The topological polar surface area (TPSA) is 86.9 Å². The van der Waals surface area contributed by atoms with E-state index in [0.717, 1.165) is 5.69 Å². The first kappa shape index (κ1) is 13.8. The minimum Gasteiger partial charge on any atom is -0.352 e. The molecule has 0 radical (unpaired) electrons. The molecule has 0 saturated heterocycles. The molecule has 0 aliphatic rings. The van der Waals surface area contributed by atoms with Crippen molar-refractivity contribution in [3.8, 4) is 0 Å². The highest BCUT2D eigenvalue weighted by Crippen LogP contribution is 2.09. The second kappa shape index (κ2) is 6.51. The number of anilines is 1. The van der Waals surface area contributed by atoms with Crippen molar-refractivity contribution in [2.24, 2.45) is 0 Å². The maximum atomic E-state index is 11.9. The zero-order valence-corrected chi connectivity index (χ0v) is 11.1. The van der Waals surface area contributed by atoms with Crippen LogP contribution >= 0.6 is 0 Å². The largest absolute Gasteiger partial charge is 0.352 e. The molecule has 1 aromatic carbocycles. The van der Waals surface area contributed by atoms with E-state index < -0.39 is 0 Å². The summed E-state index contributed by atoms with van der Waals surface area (Å²) < 4.78 is 0. The molecule has 1 aromatic heterocycles. The third kappa shape index (κ3) is 3.94. The van der Waals surface area contributed by atoms with Crippen LogP contribution < -0.4 is 10.6 Å². The molecule has 0 saturated carbocycles. The molecular weight excluding hydrogens is 256 g/mol. The summed E-state index contributed by atoms with van der Waals surface area (Å²) in [4.78, 5) is 22.8. The Morgan fingerprint density at radius 3 is 2.55 bits per heavy atom. The van der Waals surface area contributed by atoms with Crippen LogP contribution in [0.25, 0.3) is 0 Å². The normalized spacial score (nSPS) is 10.1. The van der Waals surface area contributed by atoms with Gasteiger partial charge in [-0.15, -0.1) is 0 Å². The minimum absolute atomic E-state index is 0.137. The van der Waals surface area contributed by atoms with Crippen LogP contribution in [0.3, 0.4) is 0 Å². The highest BCUT2D eigenvalue weighted by atomic mass is 16.2. The van der Waals surface area contributed by atoms with E-state index in [2.05, 4.69) is 20.8 Å². The van der Waals surface area contributed by atoms with Gasteiger partial charge >= 0.3 is 0 Å². The third-order valence-corrected chi connectivity index (χ3v) is 2.71. The molecule has 2 amide bonds. The van der Waals surface area contributed by atoms with Crippen molar-refractivity contribution in [2.75, 3.05) is 11.9 Å². The van der Waals surface area contributed by atoms with Crippen molar-refractivity contribution < 1.29 is 9.59 Å². The minimum atomic E-state index is -0.140. The third-order valence-electron chi connectivity index (χ3n) is 2.71. The van der Waals surface area contributed by atoms with Gasteiger partial charge in [0.15, 0.2) is 0 Å². The van der Waals surface area contributed by atoms with E-state index in [4.69, 9.17) is 0 Å². The SMILES string of the molecule is CC(=O)Nc1ccc(C(=O)NCCc2ccn[nH]2)cc1. The number of nitrogens with one attached hydrogen (secondary N) is 3. The number of rotatable bonds is 5. The monoisotopic (exact) mass is 272 g/mol. The van der Waals surface area contributed by atoms with Crippen molar-refractivity contribution in [3.63, 3.8) is 0 Å². The summed E-state index contributed by atoms with van der Waals surface area (Å²) >= 11 is 0. The molecule has 6 nitrogen and oxygen atoms in total. The van der Waals surface area contributed by atoms with Crippen molar-refractivity contribution in [1.82, 2.24) is 15.5 Å².